The van der Waals surface area contributed by atoms with Gasteiger partial charge in [0.2, 0.25) is 0 Å². The monoisotopic (exact) mass is 544 g/mol. The van der Waals surface area contributed by atoms with Gasteiger partial charge in [0.15, 0.2) is 5.96 Å². The van der Waals surface area contributed by atoms with E-state index in [0.717, 1.165) is 49.4 Å². The van der Waals surface area contributed by atoms with Crippen LogP contribution in [0, 0.1) is 12.8 Å². The lowest BCUT2D eigenvalue weighted by molar-refractivity contribution is -0.0265. The number of aromatic nitrogens is 1. The van der Waals surface area contributed by atoms with Gasteiger partial charge in [-0.15, -0.1) is 24.0 Å². The van der Waals surface area contributed by atoms with Crippen LogP contribution in [0.1, 0.15) is 42.6 Å². The van der Waals surface area contributed by atoms with Gasteiger partial charge >= 0.3 is 0 Å². The Kier molecular flexibility index (Phi) is 9.29. The number of fused-ring (bicyclic) bond motifs is 1. The normalized spacial score (nSPS) is 18.8. The van der Waals surface area contributed by atoms with E-state index >= 15 is 0 Å². The summed E-state index contributed by atoms with van der Waals surface area (Å²) in [4.78, 5) is 9.31. The minimum absolute atomic E-state index is 0. The lowest BCUT2D eigenvalue weighted by Gasteiger charge is -2.32. The Hall–Kier alpha value is -2.19. The molecular weight excluding hydrogens is 511 g/mol. The van der Waals surface area contributed by atoms with Crippen LogP contribution in [-0.2, 0) is 11.3 Å². The molecule has 1 aliphatic rings. The average molecular weight is 544 g/mol. The number of aryl methyl sites for hydroxylation is 1. The van der Waals surface area contributed by atoms with Gasteiger partial charge in [0.25, 0.3) is 0 Å². The number of nitrogens with one attached hydrogen (secondary N) is 2. The van der Waals surface area contributed by atoms with Crippen LogP contribution in [0.5, 0.6) is 0 Å². The third kappa shape index (κ3) is 6.19. The molecule has 2 heterocycles. The minimum Gasteiger partial charge on any atom is -0.373 e. The van der Waals surface area contributed by atoms with Crippen molar-refractivity contribution in [2.45, 2.75) is 39.3 Å². The van der Waals surface area contributed by atoms with E-state index < -0.39 is 0 Å². The van der Waals surface area contributed by atoms with Gasteiger partial charge in [-0.25, -0.2) is 4.99 Å². The molecule has 2 atom stereocenters. The molecule has 1 fully saturated rings. The van der Waals surface area contributed by atoms with Gasteiger partial charge in [0, 0.05) is 37.2 Å². The molecule has 2 unspecified atom stereocenters. The Labute approximate surface area is 208 Å². The molecule has 0 saturated carbocycles. The van der Waals surface area contributed by atoms with Crippen molar-refractivity contribution >= 4 is 40.8 Å². The van der Waals surface area contributed by atoms with Gasteiger partial charge < -0.3 is 15.4 Å². The van der Waals surface area contributed by atoms with Crippen molar-refractivity contribution in [1.82, 2.24) is 15.6 Å². The highest BCUT2D eigenvalue weighted by Gasteiger charge is 2.27. The van der Waals surface area contributed by atoms with E-state index in [9.17, 15) is 0 Å². The van der Waals surface area contributed by atoms with Crippen molar-refractivity contribution in [3.05, 3.63) is 77.5 Å². The molecule has 5 nitrogen and oxygen atoms in total. The topological polar surface area (TPSA) is 58.5 Å². The lowest BCUT2D eigenvalue weighted by atomic mass is 9.89. The largest absolute Gasteiger partial charge is 0.373 e. The molecule has 0 amide bonds. The van der Waals surface area contributed by atoms with Crippen molar-refractivity contribution in [2.75, 3.05) is 19.7 Å². The number of rotatable bonds is 6. The molecule has 2 aromatic carbocycles. The average Bonchev–Trinajstić information content (AvgIpc) is 2.81. The summed E-state index contributed by atoms with van der Waals surface area (Å²) in [5, 5.41) is 8.11. The van der Waals surface area contributed by atoms with E-state index in [0.29, 0.717) is 12.5 Å². The summed E-state index contributed by atoms with van der Waals surface area (Å²) < 4.78 is 6.18. The van der Waals surface area contributed by atoms with Crippen molar-refractivity contribution in [2.24, 2.45) is 10.9 Å². The maximum atomic E-state index is 6.18. The quantitative estimate of drug-likeness (QED) is 0.249. The number of benzene rings is 2. The molecule has 1 aliphatic heterocycles. The van der Waals surface area contributed by atoms with Crippen LogP contribution in [-0.4, -0.2) is 30.6 Å². The van der Waals surface area contributed by atoms with E-state index in [1.807, 2.05) is 18.3 Å². The first-order valence-corrected chi connectivity index (χ1v) is 11.3. The number of halogens is 1. The molecule has 170 valence electrons. The summed E-state index contributed by atoms with van der Waals surface area (Å²) >= 11 is 0. The molecule has 0 spiro atoms. The SMILES string of the molecule is CCNC(=NCc1ccnc2ccccc12)NCC1CCCOC1c1ccc(C)cc1.I. The van der Waals surface area contributed by atoms with Gasteiger partial charge in [-0.3, -0.25) is 4.98 Å². The lowest BCUT2D eigenvalue weighted by Crippen LogP contribution is -2.42. The maximum Gasteiger partial charge on any atom is 0.191 e. The van der Waals surface area contributed by atoms with Crippen molar-refractivity contribution in [1.29, 1.82) is 0 Å². The standard InChI is InChI=1S/C26H32N4O.HI/c1-3-27-26(29-17-21-14-15-28-24-9-5-4-8-23(21)24)30-18-22-7-6-16-31-25(22)20-12-10-19(2)11-13-20;/h4-5,8-15,22,25H,3,6-7,16-18H2,1-2H3,(H2,27,29,30);1H. The zero-order valence-electron chi connectivity index (χ0n) is 18.9. The van der Waals surface area contributed by atoms with E-state index in [1.165, 1.54) is 16.7 Å². The predicted octanol–water partition coefficient (Wildman–Crippen LogP) is 5.38. The summed E-state index contributed by atoms with van der Waals surface area (Å²) in [6.07, 6.45) is 4.25. The van der Waals surface area contributed by atoms with E-state index in [2.05, 4.69) is 71.9 Å². The number of hydrogen-bond donors (Lipinski definition) is 2. The van der Waals surface area contributed by atoms with Gasteiger partial charge in [-0.1, -0.05) is 48.0 Å². The summed E-state index contributed by atoms with van der Waals surface area (Å²) in [6.45, 7) is 7.32. The van der Waals surface area contributed by atoms with E-state index in [4.69, 9.17) is 9.73 Å². The highest BCUT2D eigenvalue weighted by atomic mass is 127. The third-order valence-corrected chi connectivity index (χ3v) is 5.87. The fourth-order valence-corrected chi connectivity index (χ4v) is 4.20. The zero-order chi connectivity index (χ0) is 21.5. The van der Waals surface area contributed by atoms with Crippen molar-refractivity contribution in [3.63, 3.8) is 0 Å². The number of guanidine groups is 1. The number of hydrogen-bond acceptors (Lipinski definition) is 3. The Morgan fingerprint density at radius 1 is 1.09 bits per heavy atom. The molecule has 6 heteroatoms. The second kappa shape index (κ2) is 12.2. The van der Waals surface area contributed by atoms with Crippen molar-refractivity contribution in [3.8, 4) is 0 Å². The van der Waals surface area contributed by atoms with Crippen LogP contribution in [0.25, 0.3) is 10.9 Å². The zero-order valence-corrected chi connectivity index (χ0v) is 21.2. The highest BCUT2D eigenvalue weighted by molar-refractivity contribution is 14.0. The van der Waals surface area contributed by atoms with Crippen molar-refractivity contribution < 1.29 is 4.74 Å². The molecule has 32 heavy (non-hydrogen) atoms. The van der Waals surface area contributed by atoms with Crippen LogP contribution >= 0.6 is 24.0 Å². The second-order valence-corrected chi connectivity index (χ2v) is 8.17. The summed E-state index contributed by atoms with van der Waals surface area (Å²) in [5.74, 6) is 1.26. The van der Waals surface area contributed by atoms with E-state index in [-0.39, 0.29) is 30.1 Å². The Morgan fingerprint density at radius 3 is 2.72 bits per heavy atom. The Morgan fingerprint density at radius 2 is 1.91 bits per heavy atom. The molecular formula is C26H33IN4O. The maximum absolute atomic E-state index is 6.18. The number of nitrogens with zero attached hydrogens (tertiary/aromatic N) is 2. The predicted molar refractivity (Wildman–Crippen MR) is 143 cm³/mol. The fourth-order valence-electron chi connectivity index (χ4n) is 4.20. The van der Waals surface area contributed by atoms with Gasteiger partial charge in [-0.2, -0.15) is 0 Å². The van der Waals surface area contributed by atoms with Gasteiger partial charge in [0.1, 0.15) is 0 Å². The van der Waals surface area contributed by atoms with Crippen LogP contribution in [0.3, 0.4) is 0 Å². The molecule has 2 N–H and O–H groups in total. The summed E-state index contributed by atoms with van der Waals surface area (Å²) in [5.41, 5.74) is 4.73. The first kappa shape index (κ1) is 24.5. The number of para-hydroxylation sites is 1. The molecule has 0 aliphatic carbocycles. The van der Waals surface area contributed by atoms with Crippen LogP contribution < -0.4 is 10.6 Å². The number of pyridine rings is 1. The summed E-state index contributed by atoms with van der Waals surface area (Å²) in [6, 6.07) is 19.0. The Bertz CT molecular complexity index is 1020. The first-order valence-electron chi connectivity index (χ1n) is 11.3. The second-order valence-electron chi connectivity index (χ2n) is 8.17. The third-order valence-electron chi connectivity index (χ3n) is 5.87. The molecule has 0 bridgehead atoms. The molecule has 0 radical (unpaired) electrons. The smallest absolute Gasteiger partial charge is 0.191 e. The van der Waals surface area contributed by atoms with Crippen LogP contribution in [0.4, 0.5) is 0 Å². The van der Waals surface area contributed by atoms with Gasteiger partial charge in [-0.05, 0) is 49.9 Å². The molecule has 1 aromatic heterocycles. The Balaban J connectivity index is 0.00000289. The number of aliphatic imine (C=N–C) groups is 1. The minimum atomic E-state index is 0. The van der Waals surface area contributed by atoms with Crippen LogP contribution in [0.15, 0.2) is 65.8 Å². The fraction of sp³-hybridized carbons (Fsp3) is 0.385. The van der Waals surface area contributed by atoms with Crippen LogP contribution in [0.2, 0.25) is 0 Å². The van der Waals surface area contributed by atoms with Gasteiger partial charge in [0.05, 0.1) is 18.2 Å². The van der Waals surface area contributed by atoms with E-state index in [1.54, 1.807) is 0 Å². The highest BCUT2D eigenvalue weighted by Crippen LogP contribution is 2.33. The summed E-state index contributed by atoms with van der Waals surface area (Å²) in [7, 11) is 0. The molecule has 3 aromatic rings. The number of ether oxygens (including phenoxy) is 1. The molecule has 4 rings (SSSR count). The molecule has 1 saturated heterocycles. The first-order chi connectivity index (χ1) is 15.2.